The van der Waals surface area contributed by atoms with Crippen LogP contribution in [0.4, 0.5) is 11.4 Å². The van der Waals surface area contributed by atoms with E-state index in [4.69, 9.17) is 10.8 Å². The molecule has 0 amide bonds. The quantitative estimate of drug-likeness (QED) is 0.680. The number of para-hydroxylation sites is 2. The molecule has 1 rings (SSSR count). The van der Waals surface area contributed by atoms with Gasteiger partial charge in [-0.05, 0) is 12.1 Å². The first kappa shape index (κ1) is 12.3. The Balaban J connectivity index is 2.70. The van der Waals surface area contributed by atoms with Gasteiger partial charge in [-0.2, -0.15) is 0 Å². The highest BCUT2D eigenvalue weighted by Gasteiger charge is 2.11. The Morgan fingerprint density at radius 1 is 1.50 bits per heavy atom. The van der Waals surface area contributed by atoms with Gasteiger partial charge in [-0.15, -0.1) is 0 Å². The van der Waals surface area contributed by atoms with E-state index in [2.05, 4.69) is 5.32 Å². The second-order valence-corrected chi connectivity index (χ2v) is 3.74. The molecule has 0 saturated carbocycles. The fourth-order valence-corrected chi connectivity index (χ4v) is 1.32. The van der Waals surface area contributed by atoms with Crippen molar-refractivity contribution in [3.05, 3.63) is 24.3 Å². The summed E-state index contributed by atoms with van der Waals surface area (Å²) >= 11 is 0. The first-order chi connectivity index (χ1) is 7.52. The molecule has 0 aliphatic rings. The average molecular weight is 223 g/mol. The van der Waals surface area contributed by atoms with Crippen molar-refractivity contribution in [3.63, 3.8) is 0 Å². The molecule has 0 radical (unpaired) electrons. The van der Waals surface area contributed by atoms with Gasteiger partial charge >= 0.3 is 5.97 Å². The highest BCUT2D eigenvalue weighted by Crippen LogP contribution is 2.22. The zero-order chi connectivity index (χ0) is 12.1. The van der Waals surface area contributed by atoms with Gasteiger partial charge in [0.25, 0.3) is 0 Å². The van der Waals surface area contributed by atoms with Crippen LogP contribution in [0.15, 0.2) is 24.3 Å². The standard InChI is InChI=1S/C11H17N3O2/c1-14(2)10-6-4-3-5-9(10)13-7-8(12)11(15)16/h3-6,8,13H,7,12H2,1-2H3,(H,15,16). The number of nitrogens with two attached hydrogens (primary N) is 1. The number of nitrogens with one attached hydrogen (secondary N) is 1. The number of anilines is 2. The molecule has 1 aromatic rings. The Bertz CT molecular complexity index is 366. The zero-order valence-electron chi connectivity index (χ0n) is 9.47. The van der Waals surface area contributed by atoms with Crippen molar-refractivity contribution < 1.29 is 9.90 Å². The summed E-state index contributed by atoms with van der Waals surface area (Å²) in [5.41, 5.74) is 7.29. The van der Waals surface area contributed by atoms with E-state index < -0.39 is 12.0 Å². The topological polar surface area (TPSA) is 78.6 Å². The van der Waals surface area contributed by atoms with Gasteiger partial charge < -0.3 is 21.1 Å². The van der Waals surface area contributed by atoms with Crippen LogP contribution in [0.5, 0.6) is 0 Å². The Kier molecular flexibility index (Phi) is 4.13. The van der Waals surface area contributed by atoms with E-state index >= 15 is 0 Å². The summed E-state index contributed by atoms with van der Waals surface area (Å²) in [7, 11) is 3.86. The zero-order valence-corrected chi connectivity index (χ0v) is 9.47. The van der Waals surface area contributed by atoms with Crippen LogP contribution in [-0.4, -0.2) is 37.8 Å². The number of aliphatic carboxylic acids is 1. The van der Waals surface area contributed by atoms with Crippen LogP contribution in [0, 0.1) is 0 Å². The number of hydrogen-bond acceptors (Lipinski definition) is 4. The molecular formula is C11H17N3O2. The molecule has 0 bridgehead atoms. The molecular weight excluding hydrogens is 206 g/mol. The summed E-state index contributed by atoms with van der Waals surface area (Å²) in [5.74, 6) is -1.00. The lowest BCUT2D eigenvalue weighted by Crippen LogP contribution is -2.37. The van der Waals surface area contributed by atoms with Crippen LogP contribution in [0.25, 0.3) is 0 Å². The number of carboxylic acids is 1. The summed E-state index contributed by atoms with van der Waals surface area (Å²) in [5, 5.41) is 11.7. The predicted molar refractivity (Wildman–Crippen MR) is 64.9 cm³/mol. The molecule has 4 N–H and O–H groups in total. The van der Waals surface area contributed by atoms with Crippen molar-refractivity contribution in [3.8, 4) is 0 Å². The molecule has 0 fully saturated rings. The molecule has 0 aromatic heterocycles. The normalized spacial score (nSPS) is 11.9. The third-order valence-corrected chi connectivity index (χ3v) is 2.22. The molecule has 0 heterocycles. The first-order valence-electron chi connectivity index (χ1n) is 5.01. The maximum absolute atomic E-state index is 10.6. The minimum Gasteiger partial charge on any atom is -0.480 e. The van der Waals surface area contributed by atoms with Gasteiger partial charge in [0.2, 0.25) is 0 Å². The lowest BCUT2D eigenvalue weighted by Gasteiger charge is -2.19. The third kappa shape index (κ3) is 3.13. The van der Waals surface area contributed by atoms with Crippen molar-refractivity contribution >= 4 is 17.3 Å². The molecule has 0 spiro atoms. The lowest BCUT2D eigenvalue weighted by molar-refractivity contribution is -0.138. The van der Waals surface area contributed by atoms with E-state index in [-0.39, 0.29) is 6.54 Å². The van der Waals surface area contributed by atoms with E-state index in [1.165, 1.54) is 0 Å². The van der Waals surface area contributed by atoms with Crippen LogP contribution >= 0.6 is 0 Å². The summed E-state index contributed by atoms with van der Waals surface area (Å²) in [6.07, 6.45) is 0. The second kappa shape index (κ2) is 5.37. The maximum atomic E-state index is 10.6. The van der Waals surface area contributed by atoms with E-state index in [1.54, 1.807) is 0 Å². The molecule has 16 heavy (non-hydrogen) atoms. The van der Waals surface area contributed by atoms with Gasteiger partial charge in [-0.1, -0.05) is 12.1 Å². The van der Waals surface area contributed by atoms with E-state index in [0.717, 1.165) is 11.4 Å². The predicted octanol–water partition coefficient (Wildman–Crippen LogP) is 0.576. The Hall–Kier alpha value is -1.75. The number of carbonyl (C=O) groups is 1. The number of benzene rings is 1. The van der Waals surface area contributed by atoms with E-state index in [1.807, 2.05) is 43.3 Å². The second-order valence-electron chi connectivity index (χ2n) is 3.74. The number of hydrogen-bond donors (Lipinski definition) is 3. The monoisotopic (exact) mass is 223 g/mol. The molecule has 0 aliphatic heterocycles. The first-order valence-corrected chi connectivity index (χ1v) is 5.01. The Morgan fingerprint density at radius 2 is 2.12 bits per heavy atom. The number of nitrogens with zero attached hydrogens (tertiary/aromatic N) is 1. The summed E-state index contributed by atoms with van der Waals surface area (Å²) in [6, 6.07) is 6.77. The molecule has 0 saturated heterocycles. The lowest BCUT2D eigenvalue weighted by atomic mass is 10.2. The third-order valence-electron chi connectivity index (χ3n) is 2.22. The highest BCUT2D eigenvalue weighted by atomic mass is 16.4. The molecule has 5 heteroatoms. The van der Waals surface area contributed by atoms with Crippen molar-refractivity contribution in [1.82, 2.24) is 0 Å². The number of carboxylic acid groups (broad SMARTS) is 1. The SMILES string of the molecule is CN(C)c1ccccc1NCC(N)C(=O)O. The van der Waals surface area contributed by atoms with E-state index in [9.17, 15) is 4.79 Å². The summed E-state index contributed by atoms with van der Waals surface area (Å²) in [4.78, 5) is 12.5. The molecule has 1 unspecified atom stereocenters. The molecule has 5 nitrogen and oxygen atoms in total. The minimum atomic E-state index is -1.00. The van der Waals surface area contributed by atoms with Crippen molar-refractivity contribution in [2.75, 3.05) is 30.9 Å². The van der Waals surface area contributed by atoms with Crippen LogP contribution in [-0.2, 0) is 4.79 Å². The number of rotatable bonds is 5. The maximum Gasteiger partial charge on any atom is 0.322 e. The van der Waals surface area contributed by atoms with Gasteiger partial charge in [0, 0.05) is 20.6 Å². The molecule has 1 atom stereocenters. The van der Waals surface area contributed by atoms with Gasteiger partial charge in [0.05, 0.1) is 11.4 Å². The Morgan fingerprint density at radius 3 is 2.69 bits per heavy atom. The van der Waals surface area contributed by atoms with Crippen molar-refractivity contribution in [1.29, 1.82) is 0 Å². The highest BCUT2D eigenvalue weighted by molar-refractivity contribution is 5.75. The molecule has 1 aromatic carbocycles. The van der Waals surface area contributed by atoms with Crippen LogP contribution in [0.3, 0.4) is 0 Å². The summed E-state index contributed by atoms with van der Waals surface area (Å²) in [6.45, 7) is 0.209. The van der Waals surface area contributed by atoms with Crippen LogP contribution < -0.4 is 16.0 Å². The van der Waals surface area contributed by atoms with Crippen LogP contribution in [0.2, 0.25) is 0 Å². The smallest absolute Gasteiger partial charge is 0.322 e. The Labute approximate surface area is 94.9 Å². The van der Waals surface area contributed by atoms with Gasteiger partial charge in [0.1, 0.15) is 6.04 Å². The average Bonchev–Trinajstić information content (AvgIpc) is 2.25. The van der Waals surface area contributed by atoms with Crippen molar-refractivity contribution in [2.24, 2.45) is 5.73 Å². The fourth-order valence-electron chi connectivity index (χ4n) is 1.32. The van der Waals surface area contributed by atoms with Gasteiger partial charge in [0.15, 0.2) is 0 Å². The van der Waals surface area contributed by atoms with Gasteiger partial charge in [-0.25, -0.2) is 0 Å². The van der Waals surface area contributed by atoms with Gasteiger partial charge in [-0.3, -0.25) is 4.79 Å². The fraction of sp³-hybridized carbons (Fsp3) is 0.364. The summed E-state index contributed by atoms with van der Waals surface area (Å²) < 4.78 is 0. The molecule has 88 valence electrons. The largest absolute Gasteiger partial charge is 0.480 e. The minimum absolute atomic E-state index is 0.209. The van der Waals surface area contributed by atoms with E-state index in [0.29, 0.717) is 0 Å². The van der Waals surface area contributed by atoms with Crippen molar-refractivity contribution in [2.45, 2.75) is 6.04 Å². The molecule has 0 aliphatic carbocycles. The van der Waals surface area contributed by atoms with Crippen LogP contribution in [0.1, 0.15) is 0 Å².